The second-order valence-corrected chi connectivity index (χ2v) is 7.69. The molecule has 0 rings (SSSR count). The zero-order valence-corrected chi connectivity index (χ0v) is 17.2. The summed E-state index contributed by atoms with van der Waals surface area (Å²) in [6.07, 6.45) is 25.1. The quantitative estimate of drug-likeness (QED) is 0.144. The van der Waals surface area contributed by atoms with E-state index in [-0.39, 0.29) is 0 Å². The molecule has 2 N–H and O–H groups in total. The Kier molecular flexibility index (Phi) is 20.9. The van der Waals surface area contributed by atoms with Gasteiger partial charge in [0.2, 0.25) is 0 Å². The minimum absolute atomic E-state index is 1.09. The molecule has 0 bridgehead atoms. The summed E-state index contributed by atoms with van der Waals surface area (Å²) in [5.74, 6) is 6.10. The monoisotopic (exact) mass is 340 g/mol. The Morgan fingerprint density at radius 1 is 0.417 bits per heavy atom. The lowest BCUT2D eigenvalue weighted by molar-refractivity contribution is 0.268. The van der Waals surface area contributed by atoms with Crippen LogP contribution in [0.2, 0.25) is 0 Å². The smallest absolute Gasteiger partial charge is 0.0128 e. The molecule has 0 aromatic carbocycles. The van der Waals surface area contributed by atoms with Gasteiger partial charge in [0.15, 0.2) is 0 Å². The van der Waals surface area contributed by atoms with Gasteiger partial charge in [0.05, 0.1) is 0 Å². The SMILES string of the molecule is CCCCCCCCCCCN(N)CCCCCCCCCCC. The molecule has 0 unspecified atom stereocenters. The van der Waals surface area contributed by atoms with Crippen molar-refractivity contribution in [3.05, 3.63) is 0 Å². The van der Waals surface area contributed by atoms with Gasteiger partial charge in [-0.25, -0.2) is 5.01 Å². The van der Waals surface area contributed by atoms with Crippen molar-refractivity contribution in [2.24, 2.45) is 5.84 Å². The lowest BCUT2D eigenvalue weighted by Crippen LogP contribution is -2.32. The molecule has 0 aliphatic heterocycles. The van der Waals surface area contributed by atoms with E-state index in [9.17, 15) is 0 Å². The van der Waals surface area contributed by atoms with Crippen LogP contribution in [0.5, 0.6) is 0 Å². The van der Waals surface area contributed by atoms with Crippen LogP contribution < -0.4 is 5.84 Å². The molecule has 2 nitrogen and oxygen atoms in total. The van der Waals surface area contributed by atoms with Gasteiger partial charge in [0.25, 0.3) is 0 Å². The first kappa shape index (κ1) is 23.9. The van der Waals surface area contributed by atoms with Crippen molar-refractivity contribution in [2.75, 3.05) is 13.1 Å². The van der Waals surface area contributed by atoms with Gasteiger partial charge in [0.1, 0.15) is 0 Å². The van der Waals surface area contributed by atoms with Crippen molar-refractivity contribution < 1.29 is 0 Å². The zero-order chi connectivity index (χ0) is 17.7. The van der Waals surface area contributed by atoms with Gasteiger partial charge in [-0.1, -0.05) is 117 Å². The van der Waals surface area contributed by atoms with Gasteiger partial charge in [0, 0.05) is 13.1 Å². The van der Waals surface area contributed by atoms with Crippen molar-refractivity contribution >= 4 is 0 Å². The van der Waals surface area contributed by atoms with Crippen molar-refractivity contribution in [3.8, 4) is 0 Å². The van der Waals surface area contributed by atoms with Crippen LogP contribution in [-0.4, -0.2) is 18.1 Å². The Hall–Kier alpha value is -0.0800. The van der Waals surface area contributed by atoms with Crippen LogP contribution in [0.25, 0.3) is 0 Å². The molecular weight excluding hydrogens is 292 g/mol. The van der Waals surface area contributed by atoms with Crippen LogP contribution >= 0.6 is 0 Å². The molecule has 0 aliphatic rings. The predicted molar refractivity (Wildman–Crippen MR) is 110 cm³/mol. The average Bonchev–Trinajstić information content (AvgIpc) is 2.59. The van der Waals surface area contributed by atoms with E-state index in [0.717, 1.165) is 13.1 Å². The molecule has 0 heterocycles. The van der Waals surface area contributed by atoms with E-state index in [1.165, 1.54) is 116 Å². The van der Waals surface area contributed by atoms with E-state index in [2.05, 4.69) is 18.9 Å². The van der Waals surface area contributed by atoms with Gasteiger partial charge in [-0.05, 0) is 12.8 Å². The van der Waals surface area contributed by atoms with Crippen LogP contribution in [0.15, 0.2) is 0 Å². The van der Waals surface area contributed by atoms with E-state index < -0.39 is 0 Å². The topological polar surface area (TPSA) is 29.3 Å². The van der Waals surface area contributed by atoms with E-state index in [4.69, 9.17) is 5.84 Å². The fourth-order valence-corrected chi connectivity index (χ4v) is 3.36. The maximum atomic E-state index is 6.10. The summed E-state index contributed by atoms with van der Waals surface area (Å²) in [4.78, 5) is 0. The van der Waals surface area contributed by atoms with Crippen molar-refractivity contribution in [1.29, 1.82) is 0 Å². The molecule has 0 aromatic heterocycles. The summed E-state index contributed by atoms with van der Waals surface area (Å²) in [5, 5.41) is 2.06. The lowest BCUT2D eigenvalue weighted by Gasteiger charge is -2.15. The average molecular weight is 341 g/mol. The van der Waals surface area contributed by atoms with Gasteiger partial charge in [-0.15, -0.1) is 0 Å². The Bertz CT molecular complexity index is 196. The highest BCUT2D eigenvalue weighted by atomic mass is 15.4. The van der Waals surface area contributed by atoms with Gasteiger partial charge >= 0.3 is 0 Å². The normalized spacial score (nSPS) is 11.5. The third-order valence-electron chi connectivity index (χ3n) is 5.10. The molecule has 0 fully saturated rings. The fraction of sp³-hybridized carbons (Fsp3) is 1.00. The van der Waals surface area contributed by atoms with Crippen LogP contribution in [0.3, 0.4) is 0 Å². The fourth-order valence-electron chi connectivity index (χ4n) is 3.36. The predicted octanol–water partition coefficient (Wildman–Crippen LogP) is 7.22. The number of nitrogens with two attached hydrogens (primary N) is 1. The number of hydrazine groups is 1. The maximum Gasteiger partial charge on any atom is 0.0128 e. The summed E-state index contributed by atoms with van der Waals surface area (Å²) in [6.45, 7) is 6.75. The van der Waals surface area contributed by atoms with Gasteiger partial charge in [-0.3, -0.25) is 5.84 Å². The van der Waals surface area contributed by atoms with Crippen molar-refractivity contribution in [2.45, 2.75) is 129 Å². The molecule has 146 valence electrons. The Morgan fingerprint density at radius 3 is 0.958 bits per heavy atom. The molecule has 0 amide bonds. The highest BCUT2D eigenvalue weighted by Gasteiger charge is 1.99. The first-order valence-electron chi connectivity index (χ1n) is 11.3. The number of hydrogen-bond donors (Lipinski definition) is 1. The first-order valence-corrected chi connectivity index (χ1v) is 11.3. The minimum atomic E-state index is 1.09. The third kappa shape index (κ3) is 20.0. The number of hydrogen-bond acceptors (Lipinski definition) is 2. The number of unbranched alkanes of at least 4 members (excludes halogenated alkanes) is 16. The Labute approximate surface area is 153 Å². The second-order valence-electron chi connectivity index (χ2n) is 7.69. The summed E-state index contributed by atoms with van der Waals surface area (Å²) < 4.78 is 0. The molecule has 0 aromatic rings. The van der Waals surface area contributed by atoms with E-state index in [1.54, 1.807) is 0 Å². The molecule has 0 radical (unpaired) electrons. The molecule has 0 saturated carbocycles. The van der Waals surface area contributed by atoms with Crippen LogP contribution in [0, 0.1) is 0 Å². The van der Waals surface area contributed by atoms with E-state index in [1.807, 2.05) is 0 Å². The summed E-state index contributed by atoms with van der Waals surface area (Å²) in [7, 11) is 0. The first-order chi connectivity index (χ1) is 11.8. The van der Waals surface area contributed by atoms with Crippen molar-refractivity contribution in [3.63, 3.8) is 0 Å². The molecule has 0 spiro atoms. The van der Waals surface area contributed by atoms with Crippen molar-refractivity contribution in [1.82, 2.24) is 5.01 Å². The summed E-state index contributed by atoms with van der Waals surface area (Å²) >= 11 is 0. The van der Waals surface area contributed by atoms with Crippen LogP contribution in [0.4, 0.5) is 0 Å². The highest BCUT2D eigenvalue weighted by molar-refractivity contribution is 4.53. The molecule has 2 heteroatoms. The molecule has 0 saturated heterocycles. The third-order valence-corrected chi connectivity index (χ3v) is 5.10. The number of rotatable bonds is 20. The standard InChI is InChI=1S/C22H48N2/c1-3-5-7-9-11-13-15-17-19-21-24(23)22-20-18-16-14-12-10-8-6-4-2/h3-23H2,1-2H3. The van der Waals surface area contributed by atoms with E-state index in [0.29, 0.717) is 0 Å². The molecule has 24 heavy (non-hydrogen) atoms. The molecular formula is C22H48N2. The van der Waals surface area contributed by atoms with E-state index >= 15 is 0 Å². The van der Waals surface area contributed by atoms with Crippen LogP contribution in [0.1, 0.15) is 129 Å². The number of nitrogens with zero attached hydrogens (tertiary/aromatic N) is 1. The minimum Gasteiger partial charge on any atom is -0.269 e. The Balaban J connectivity index is 3.12. The summed E-state index contributed by atoms with van der Waals surface area (Å²) in [5.41, 5.74) is 0. The summed E-state index contributed by atoms with van der Waals surface area (Å²) in [6, 6.07) is 0. The zero-order valence-electron chi connectivity index (χ0n) is 17.2. The maximum absolute atomic E-state index is 6.10. The lowest BCUT2D eigenvalue weighted by atomic mass is 10.1. The second kappa shape index (κ2) is 21.0. The van der Waals surface area contributed by atoms with Crippen LogP contribution in [-0.2, 0) is 0 Å². The molecule has 0 aliphatic carbocycles. The Morgan fingerprint density at radius 2 is 0.667 bits per heavy atom. The van der Waals surface area contributed by atoms with Gasteiger partial charge in [-0.2, -0.15) is 0 Å². The largest absolute Gasteiger partial charge is 0.269 e. The molecule has 0 atom stereocenters. The van der Waals surface area contributed by atoms with Gasteiger partial charge < -0.3 is 0 Å². The highest BCUT2D eigenvalue weighted by Crippen LogP contribution is 2.11.